The average Bonchev–Trinajstić information content (AvgIpc) is 2.88. The molecular formula is C12H9F6N3O2S. The van der Waals surface area contributed by atoms with E-state index in [1.165, 1.54) is 0 Å². The molecule has 24 heavy (non-hydrogen) atoms. The summed E-state index contributed by atoms with van der Waals surface area (Å²) in [7, 11) is 0. The fourth-order valence-electron chi connectivity index (χ4n) is 1.56. The minimum absolute atomic E-state index is 0.00637. The highest BCUT2D eigenvalue weighted by molar-refractivity contribution is 7.18. The van der Waals surface area contributed by atoms with Gasteiger partial charge in [0.2, 0.25) is 5.13 Å². The van der Waals surface area contributed by atoms with Gasteiger partial charge < -0.3 is 15.2 Å². The third-order valence-electron chi connectivity index (χ3n) is 2.42. The largest absolute Gasteiger partial charge is 0.484 e. The molecule has 0 aliphatic carbocycles. The summed E-state index contributed by atoms with van der Waals surface area (Å²) in [6.07, 6.45) is -9.14. The molecule has 1 aromatic heterocycles. The van der Waals surface area contributed by atoms with E-state index in [0.717, 1.165) is 29.5 Å². The lowest BCUT2D eigenvalue weighted by Gasteiger charge is -2.14. The number of nitrogen functional groups attached to an aromatic ring is 1. The number of halogens is 6. The van der Waals surface area contributed by atoms with Gasteiger partial charge >= 0.3 is 12.4 Å². The molecule has 12 heteroatoms. The van der Waals surface area contributed by atoms with Crippen LogP contribution >= 0.6 is 11.3 Å². The van der Waals surface area contributed by atoms with Gasteiger partial charge in [0, 0.05) is 0 Å². The van der Waals surface area contributed by atoms with E-state index in [-0.39, 0.29) is 27.2 Å². The summed E-state index contributed by atoms with van der Waals surface area (Å²) in [5, 5.41) is 7.27. The molecule has 0 fully saturated rings. The quantitative estimate of drug-likeness (QED) is 0.810. The van der Waals surface area contributed by atoms with Crippen LogP contribution in [0.1, 0.15) is 0 Å². The van der Waals surface area contributed by atoms with Gasteiger partial charge in [-0.3, -0.25) is 0 Å². The number of nitrogens with two attached hydrogens (primary N) is 1. The van der Waals surface area contributed by atoms with Crippen molar-refractivity contribution < 1.29 is 35.8 Å². The van der Waals surface area contributed by atoms with Crippen LogP contribution in [0.25, 0.3) is 10.6 Å². The van der Waals surface area contributed by atoms with Crippen LogP contribution in [0.5, 0.6) is 11.5 Å². The summed E-state index contributed by atoms with van der Waals surface area (Å²) < 4.78 is 82.7. The summed E-state index contributed by atoms with van der Waals surface area (Å²) in [4.78, 5) is 0. The minimum Gasteiger partial charge on any atom is -0.484 e. The van der Waals surface area contributed by atoms with E-state index >= 15 is 0 Å². The lowest BCUT2D eigenvalue weighted by Crippen LogP contribution is -2.20. The second-order valence-corrected chi connectivity index (χ2v) is 5.42. The maximum atomic E-state index is 12.3. The van der Waals surface area contributed by atoms with E-state index in [9.17, 15) is 26.3 Å². The van der Waals surface area contributed by atoms with Crippen molar-refractivity contribution in [3.05, 3.63) is 18.2 Å². The van der Waals surface area contributed by atoms with Gasteiger partial charge in [-0.1, -0.05) is 11.3 Å². The van der Waals surface area contributed by atoms with Crippen molar-refractivity contribution in [1.82, 2.24) is 10.2 Å². The van der Waals surface area contributed by atoms with Crippen LogP contribution in [0.3, 0.4) is 0 Å². The first-order valence-corrected chi connectivity index (χ1v) is 6.98. The molecule has 2 aromatic rings. The van der Waals surface area contributed by atoms with E-state index in [0.29, 0.717) is 0 Å². The number of rotatable bonds is 5. The Morgan fingerprint density at radius 2 is 1.58 bits per heavy atom. The molecule has 0 spiro atoms. The zero-order valence-electron chi connectivity index (χ0n) is 11.6. The molecule has 1 aromatic carbocycles. The van der Waals surface area contributed by atoms with E-state index in [1.807, 2.05) is 0 Å². The Hall–Kier alpha value is -2.24. The number of ether oxygens (including phenoxy) is 2. The smallest absolute Gasteiger partial charge is 0.422 e. The van der Waals surface area contributed by atoms with Gasteiger partial charge in [-0.25, -0.2) is 0 Å². The second-order valence-electron chi connectivity index (χ2n) is 4.41. The molecule has 0 radical (unpaired) electrons. The normalized spacial score (nSPS) is 12.2. The SMILES string of the molecule is Nc1nnc(-c2cc(OCC(F)(F)F)ccc2OCC(F)(F)F)s1. The topological polar surface area (TPSA) is 70.3 Å². The molecule has 0 unspecified atom stereocenters. The van der Waals surface area contributed by atoms with Crippen LogP contribution in [-0.2, 0) is 0 Å². The molecule has 5 nitrogen and oxygen atoms in total. The van der Waals surface area contributed by atoms with Gasteiger partial charge in [0.15, 0.2) is 18.2 Å². The fourth-order valence-corrected chi connectivity index (χ4v) is 2.19. The molecule has 132 valence electrons. The highest BCUT2D eigenvalue weighted by atomic mass is 32.1. The van der Waals surface area contributed by atoms with Crippen LogP contribution in [0.2, 0.25) is 0 Å². The van der Waals surface area contributed by atoms with Gasteiger partial charge in [-0.05, 0) is 18.2 Å². The van der Waals surface area contributed by atoms with Gasteiger partial charge in [0.05, 0.1) is 5.56 Å². The Morgan fingerprint density at radius 1 is 0.958 bits per heavy atom. The Balaban J connectivity index is 2.29. The van der Waals surface area contributed by atoms with Crippen LogP contribution in [0.15, 0.2) is 18.2 Å². The van der Waals surface area contributed by atoms with E-state index in [4.69, 9.17) is 5.73 Å². The fraction of sp³-hybridized carbons (Fsp3) is 0.333. The Labute approximate surface area is 135 Å². The van der Waals surface area contributed by atoms with Crippen LogP contribution in [0.4, 0.5) is 31.5 Å². The van der Waals surface area contributed by atoms with E-state index in [1.54, 1.807) is 0 Å². The summed E-state index contributed by atoms with van der Waals surface area (Å²) in [6, 6.07) is 3.20. The summed E-state index contributed by atoms with van der Waals surface area (Å²) >= 11 is 0.837. The molecule has 1 heterocycles. The van der Waals surface area contributed by atoms with E-state index in [2.05, 4.69) is 19.7 Å². The third-order valence-corrected chi connectivity index (χ3v) is 3.20. The Morgan fingerprint density at radius 3 is 2.12 bits per heavy atom. The van der Waals surface area contributed by atoms with E-state index < -0.39 is 25.6 Å². The zero-order chi connectivity index (χ0) is 18.0. The maximum Gasteiger partial charge on any atom is 0.422 e. The molecule has 0 atom stereocenters. The van der Waals surface area contributed by atoms with Crippen LogP contribution < -0.4 is 15.2 Å². The molecular weight excluding hydrogens is 364 g/mol. The van der Waals surface area contributed by atoms with Crippen molar-refractivity contribution >= 4 is 16.5 Å². The lowest BCUT2D eigenvalue weighted by atomic mass is 10.2. The predicted octanol–water partition coefficient (Wildman–Crippen LogP) is 3.67. The van der Waals surface area contributed by atoms with Gasteiger partial charge in [0.25, 0.3) is 0 Å². The summed E-state index contributed by atoms with van der Waals surface area (Å²) in [5.41, 5.74) is 5.40. The summed E-state index contributed by atoms with van der Waals surface area (Å²) in [6.45, 7) is -3.12. The number of benzene rings is 1. The lowest BCUT2D eigenvalue weighted by molar-refractivity contribution is -0.154. The third kappa shape index (κ3) is 5.44. The Bertz CT molecular complexity index is 701. The van der Waals surface area contributed by atoms with Crippen molar-refractivity contribution in [1.29, 1.82) is 0 Å². The molecule has 0 bridgehead atoms. The first-order chi connectivity index (χ1) is 11.0. The molecule has 0 aliphatic rings. The molecule has 2 N–H and O–H groups in total. The standard InChI is InChI=1S/C12H9F6N3O2S/c13-11(14,15)4-22-6-1-2-8(23-5-12(16,17)18)7(3-6)9-20-21-10(19)24-9/h1-3H,4-5H2,(H2,19,21). The second kappa shape index (κ2) is 6.71. The number of hydrogen-bond acceptors (Lipinski definition) is 6. The van der Waals surface area contributed by atoms with Crippen molar-refractivity contribution in [3.8, 4) is 22.1 Å². The average molecular weight is 373 g/mol. The van der Waals surface area contributed by atoms with Crippen LogP contribution in [0, 0.1) is 0 Å². The van der Waals surface area contributed by atoms with Gasteiger partial charge in [-0.15, -0.1) is 10.2 Å². The van der Waals surface area contributed by atoms with Crippen LogP contribution in [-0.4, -0.2) is 35.8 Å². The highest BCUT2D eigenvalue weighted by Gasteiger charge is 2.30. The molecule has 0 saturated heterocycles. The highest BCUT2D eigenvalue weighted by Crippen LogP contribution is 2.36. The number of nitrogens with zero attached hydrogens (tertiary/aromatic N) is 2. The first-order valence-electron chi connectivity index (χ1n) is 6.16. The maximum absolute atomic E-state index is 12.3. The van der Waals surface area contributed by atoms with Crippen molar-refractivity contribution in [2.75, 3.05) is 18.9 Å². The molecule has 0 saturated carbocycles. The number of anilines is 1. The first kappa shape index (κ1) is 18.1. The number of hydrogen-bond donors (Lipinski definition) is 1. The summed E-state index contributed by atoms with van der Waals surface area (Å²) in [5.74, 6) is -0.446. The van der Waals surface area contributed by atoms with Gasteiger partial charge in [-0.2, -0.15) is 26.3 Å². The van der Waals surface area contributed by atoms with Gasteiger partial charge in [0.1, 0.15) is 11.5 Å². The number of aromatic nitrogens is 2. The number of alkyl halides is 6. The van der Waals surface area contributed by atoms with Crippen molar-refractivity contribution in [2.45, 2.75) is 12.4 Å². The predicted molar refractivity (Wildman–Crippen MR) is 72.9 cm³/mol. The molecule has 0 amide bonds. The molecule has 0 aliphatic heterocycles. The Kier molecular flexibility index (Phi) is 5.06. The van der Waals surface area contributed by atoms with Crippen molar-refractivity contribution in [3.63, 3.8) is 0 Å². The minimum atomic E-state index is -4.58. The zero-order valence-corrected chi connectivity index (χ0v) is 12.4. The molecule has 2 rings (SSSR count). The van der Waals surface area contributed by atoms with Crippen molar-refractivity contribution in [2.24, 2.45) is 0 Å². The monoisotopic (exact) mass is 373 g/mol.